The number of unbranched alkanes of at least 4 members (excludes halogenated alkanes) is 2. The maximum absolute atomic E-state index is 2.45. The van der Waals surface area contributed by atoms with Crippen molar-refractivity contribution in [3.63, 3.8) is 0 Å². The Balaban J connectivity index is -0.000000720. The molecule has 15 heavy (non-hydrogen) atoms. The summed E-state index contributed by atoms with van der Waals surface area (Å²) in [6.07, 6.45) is 8.63. The maximum atomic E-state index is 2.45. The largest absolute Gasteiger partial charge is 2.00 e. The molecule has 0 aliphatic heterocycles. The number of allylic oxidation sites excluding steroid dienone is 1. The van der Waals surface area contributed by atoms with E-state index in [9.17, 15) is 0 Å². The van der Waals surface area contributed by atoms with E-state index in [0.29, 0.717) is 0 Å². The minimum absolute atomic E-state index is 0. The molecule has 0 atom stereocenters. The van der Waals surface area contributed by atoms with Crippen molar-refractivity contribution in [3.8, 4) is 0 Å². The van der Waals surface area contributed by atoms with Crippen molar-refractivity contribution in [2.75, 3.05) is 0 Å². The molecule has 0 aromatic heterocycles. The minimum Gasteiger partial charge on any atom is -1.00 e. The molecular weight excluding hydrogens is 232 g/mol. The van der Waals surface area contributed by atoms with E-state index in [1.54, 1.807) is 0 Å². The predicted octanol–water partition coefficient (Wildman–Crippen LogP) is 1.07. The van der Waals surface area contributed by atoms with Crippen molar-refractivity contribution < 1.29 is 12.4 Å². The molecular formula is C12H25ClMgSi. The second-order valence-corrected chi connectivity index (χ2v) is 10.2. The molecule has 0 spiro atoms. The van der Waals surface area contributed by atoms with Crippen molar-refractivity contribution in [2.45, 2.75) is 52.8 Å². The van der Waals surface area contributed by atoms with Gasteiger partial charge in [0.15, 0.2) is 0 Å². The molecule has 0 fully saturated rings. The fraction of sp³-hybridized carbons (Fsp3) is 0.750. The summed E-state index contributed by atoms with van der Waals surface area (Å²) in [7, 11) is -0.930. The number of halogens is 1. The summed E-state index contributed by atoms with van der Waals surface area (Å²) < 4.78 is 0. The molecule has 0 amide bonds. The average Bonchev–Trinajstić information content (AvgIpc) is 1.93. The molecule has 0 unspecified atom stereocenters. The summed E-state index contributed by atoms with van der Waals surface area (Å²) in [4.78, 5) is 0. The van der Waals surface area contributed by atoms with Crippen LogP contribution in [0.1, 0.15) is 33.1 Å². The van der Waals surface area contributed by atoms with Gasteiger partial charge in [0, 0.05) is 0 Å². The average molecular weight is 257 g/mol. The van der Waals surface area contributed by atoms with E-state index in [1.807, 2.05) is 0 Å². The molecule has 0 saturated heterocycles. The van der Waals surface area contributed by atoms with Gasteiger partial charge in [-0.1, -0.05) is 51.7 Å². The van der Waals surface area contributed by atoms with Gasteiger partial charge < -0.3 is 18.8 Å². The monoisotopic (exact) mass is 256 g/mol. The number of hydrogen-bond donors (Lipinski definition) is 0. The SMILES string of the molecule is CC(C)[CH-]CCC/C=C/[Si](C)(C)C.[Cl-].[Mg+2]. The summed E-state index contributed by atoms with van der Waals surface area (Å²) in [6, 6.07) is 0. The summed E-state index contributed by atoms with van der Waals surface area (Å²) in [6.45, 7) is 11.6. The van der Waals surface area contributed by atoms with Crippen LogP contribution in [-0.2, 0) is 0 Å². The minimum atomic E-state index is -0.930. The van der Waals surface area contributed by atoms with E-state index in [0.717, 1.165) is 5.92 Å². The zero-order valence-electron chi connectivity index (χ0n) is 11.0. The molecule has 0 heterocycles. The van der Waals surface area contributed by atoms with Crippen LogP contribution in [-0.4, -0.2) is 31.1 Å². The molecule has 86 valence electrons. The molecule has 0 aliphatic carbocycles. The standard InChI is InChI=1S/C12H25Si.ClH.Mg/c1-12(2)10-8-6-7-9-11-13(3,4)5;;/h9-12H,6-8H2,1-5H3;1H;/q-1;;+2/p-1/b11-9+;;. The zero-order chi connectivity index (χ0) is 10.3. The third-order valence-corrected chi connectivity index (χ3v) is 3.07. The van der Waals surface area contributed by atoms with Gasteiger partial charge in [-0.05, 0) is 6.42 Å². The van der Waals surface area contributed by atoms with Crippen LogP contribution in [0.5, 0.6) is 0 Å². The van der Waals surface area contributed by atoms with Gasteiger partial charge in [-0.15, -0.1) is 0 Å². The van der Waals surface area contributed by atoms with E-state index in [2.05, 4.69) is 51.7 Å². The first-order valence-corrected chi connectivity index (χ1v) is 9.00. The van der Waals surface area contributed by atoms with Gasteiger partial charge in [0.1, 0.15) is 0 Å². The molecule has 0 bridgehead atoms. The fourth-order valence-electron chi connectivity index (χ4n) is 1.12. The van der Waals surface area contributed by atoms with E-state index in [4.69, 9.17) is 0 Å². The molecule has 0 rings (SSSR count). The van der Waals surface area contributed by atoms with Crippen LogP contribution < -0.4 is 12.4 Å². The summed E-state index contributed by atoms with van der Waals surface area (Å²) in [5, 5.41) is 0. The van der Waals surface area contributed by atoms with Crippen LogP contribution in [0.3, 0.4) is 0 Å². The summed E-state index contributed by atoms with van der Waals surface area (Å²) >= 11 is 0. The van der Waals surface area contributed by atoms with Crippen LogP contribution in [0, 0.1) is 12.3 Å². The van der Waals surface area contributed by atoms with Crippen LogP contribution in [0.2, 0.25) is 19.6 Å². The topological polar surface area (TPSA) is 0 Å². The first kappa shape index (κ1) is 21.3. The molecule has 0 nitrogen and oxygen atoms in total. The molecule has 0 N–H and O–H groups in total. The van der Waals surface area contributed by atoms with Gasteiger partial charge >= 0.3 is 23.1 Å². The number of hydrogen-bond acceptors (Lipinski definition) is 0. The van der Waals surface area contributed by atoms with Crippen molar-refractivity contribution in [3.05, 3.63) is 18.2 Å². The quantitative estimate of drug-likeness (QED) is 0.379. The van der Waals surface area contributed by atoms with Crippen molar-refractivity contribution in [1.82, 2.24) is 0 Å². The van der Waals surface area contributed by atoms with Gasteiger partial charge in [-0.2, -0.15) is 12.3 Å². The third-order valence-electron chi connectivity index (χ3n) is 1.83. The molecule has 0 aromatic rings. The molecule has 0 radical (unpaired) electrons. The van der Waals surface area contributed by atoms with Crippen molar-refractivity contribution >= 4 is 31.1 Å². The first-order chi connectivity index (χ1) is 5.92. The third kappa shape index (κ3) is 21.0. The van der Waals surface area contributed by atoms with E-state index < -0.39 is 8.07 Å². The Hall–Kier alpha value is 1.01. The fourth-order valence-corrected chi connectivity index (χ4v) is 2.00. The first-order valence-electron chi connectivity index (χ1n) is 5.43. The van der Waals surface area contributed by atoms with Crippen molar-refractivity contribution in [2.24, 2.45) is 5.92 Å². The Morgan fingerprint density at radius 3 is 2.13 bits per heavy atom. The van der Waals surface area contributed by atoms with Crippen LogP contribution in [0.25, 0.3) is 0 Å². The normalized spacial score (nSPS) is 11.3. The zero-order valence-corrected chi connectivity index (χ0v) is 14.2. The van der Waals surface area contributed by atoms with Crippen molar-refractivity contribution in [1.29, 1.82) is 0 Å². The number of rotatable bonds is 6. The van der Waals surface area contributed by atoms with E-state index in [-0.39, 0.29) is 35.5 Å². The van der Waals surface area contributed by atoms with Gasteiger partial charge in [0.05, 0.1) is 8.07 Å². The second-order valence-electron chi connectivity index (χ2n) is 5.18. The van der Waals surface area contributed by atoms with Gasteiger partial charge in [0.25, 0.3) is 0 Å². The van der Waals surface area contributed by atoms with Gasteiger partial charge in [-0.3, -0.25) is 0 Å². The maximum Gasteiger partial charge on any atom is 2.00 e. The van der Waals surface area contributed by atoms with E-state index >= 15 is 0 Å². The Labute approximate surface area is 120 Å². The summed E-state index contributed by atoms with van der Waals surface area (Å²) in [5.41, 5.74) is 2.45. The Kier molecular flexibility index (Phi) is 16.3. The van der Waals surface area contributed by atoms with Crippen LogP contribution >= 0.6 is 0 Å². The predicted molar refractivity (Wildman–Crippen MR) is 71.2 cm³/mol. The van der Waals surface area contributed by atoms with E-state index in [1.165, 1.54) is 19.3 Å². The molecule has 0 aliphatic rings. The molecule has 3 heteroatoms. The Morgan fingerprint density at radius 1 is 1.20 bits per heavy atom. The molecule has 0 aromatic carbocycles. The summed E-state index contributed by atoms with van der Waals surface area (Å²) in [5.74, 6) is 0.751. The Morgan fingerprint density at radius 2 is 1.73 bits per heavy atom. The van der Waals surface area contributed by atoms with Crippen LogP contribution in [0.15, 0.2) is 11.8 Å². The smallest absolute Gasteiger partial charge is 1.00 e. The Bertz CT molecular complexity index is 150. The second kappa shape index (κ2) is 11.5. The molecule has 0 saturated carbocycles. The van der Waals surface area contributed by atoms with Gasteiger partial charge in [0.2, 0.25) is 0 Å². The van der Waals surface area contributed by atoms with Gasteiger partial charge in [-0.25, -0.2) is 0 Å². The van der Waals surface area contributed by atoms with Crippen LogP contribution in [0.4, 0.5) is 0 Å².